The molecule has 33 heavy (non-hydrogen) atoms. The number of piperidine rings is 1. The van der Waals surface area contributed by atoms with Crippen LogP contribution in [0.2, 0.25) is 0 Å². The van der Waals surface area contributed by atoms with Gasteiger partial charge in [-0.1, -0.05) is 54.6 Å². The molecule has 0 radical (unpaired) electrons. The monoisotopic (exact) mass is 441 g/mol. The normalized spacial score (nSPS) is 22.1. The fourth-order valence-electron chi connectivity index (χ4n) is 4.77. The number of rotatable bonds is 1. The Hall–Kier alpha value is -3.67. The molecule has 1 fully saturated rings. The molecule has 0 spiro atoms. The number of nitrogens with zero attached hydrogens (tertiary/aromatic N) is 2. The summed E-state index contributed by atoms with van der Waals surface area (Å²) in [5.41, 5.74) is 1.55. The van der Waals surface area contributed by atoms with Crippen LogP contribution in [0.3, 0.4) is 0 Å². The number of benzene rings is 2. The van der Waals surface area contributed by atoms with E-state index < -0.39 is 0 Å². The molecule has 0 saturated carbocycles. The van der Waals surface area contributed by atoms with Crippen molar-refractivity contribution in [3.63, 3.8) is 0 Å². The molecule has 0 unspecified atom stereocenters. The van der Waals surface area contributed by atoms with Gasteiger partial charge in [-0.15, -0.1) is 0 Å². The molecule has 1 saturated heterocycles. The lowest BCUT2D eigenvalue weighted by molar-refractivity contribution is -0.124. The number of aromatic nitrogens is 1. The van der Waals surface area contributed by atoms with Crippen molar-refractivity contribution in [3.05, 3.63) is 84.2 Å². The summed E-state index contributed by atoms with van der Waals surface area (Å²) < 4.78 is 5.79. The Bertz CT molecular complexity index is 1200. The average molecular weight is 442 g/mol. The number of nitrogens with one attached hydrogen (secondary N) is 1. The summed E-state index contributed by atoms with van der Waals surface area (Å²) in [6.07, 6.45) is 8.25. The van der Waals surface area contributed by atoms with E-state index in [-0.39, 0.29) is 30.4 Å². The number of ether oxygens (including phenoxy) is 1. The highest BCUT2D eigenvalue weighted by Gasteiger charge is 2.33. The maximum absolute atomic E-state index is 13.4. The predicted molar refractivity (Wildman–Crippen MR) is 127 cm³/mol. The molecule has 3 aromatic rings. The third-order valence-electron chi connectivity index (χ3n) is 6.52. The molecule has 0 bridgehead atoms. The summed E-state index contributed by atoms with van der Waals surface area (Å²) in [6.45, 7) is 1.15. The minimum atomic E-state index is -0.125. The zero-order chi connectivity index (χ0) is 22.6. The number of pyridine rings is 1. The predicted octanol–water partition coefficient (Wildman–Crippen LogP) is 3.76. The van der Waals surface area contributed by atoms with E-state index in [1.54, 1.807) is 6.20 Å². The summed E-state index contributed by atoms with van der Waals surface area (Å²) in [4.78, 5) is 32.3. The Labute approximate surface area is 193 Å². The first kappa shape index (κ1) is 21.2. The van der Waals surface area contributed by atoms with Crippen molar-refractivity contribution in [3.8, 4) is 5.75 Å². The van der Waals surface area contributed by atoms with Gasteiger partial charge in [0, 0.05) is 36.6 Å². The summed E-state index contributed by atoms with van der Waals surface area (Å²) in [5, 5.41) is 5.02. The van der Waals surface area contributed by atoms with Gasteiger partial charge in [0.1, 0.15) is 11.4 Å². The van der Waals surface area contributed by atoms with E-state index in [0.717, 1.165) is 34.9 Å². The number of para-hydroxylation sites is 1. The molecule has 2 amide bonds. The van der Waals surface area contributed by atoms with Crippen LogP contribution in [0, 0.1) is 5.92 Å². The molecule has 1 aromatic heterocycles. The number of hydrogen-bond donors (Lipinski definition) is 1. The lowest BCUT2D eigenvalue weighted by Crippen LogP contribution is -2.53. The second kappa shape index (κ2) is 9.45. The van der Waals surface area contributed by atoms with E-state index in [0.29, 0.717) is 25.2 Å². The van der Waals surface area contributed by atoms with Crippen LogP contribution in [0.4, 0.5) is 0 Å². The van der Waals surface area contributed by atoms with Crippen LogP contribution in [0.15, 0.2) is 72.9 Å². The van der Waals surface area contributed by atoms with Gasteiger partial charge in [-0.2, -0.15) is 0 Å². The average Bonchev–Trinajstić information content (AvgIpc) is 2.85. The zero-order valence-electron chi connectivity index (χ0n) is 18.4. The van der Waals surface area contributed by atoms with Gasteiger partial charge < -0.3 is 15.0 Å². The maximum Gasteiger partial charge on any atom is 0.273 e. The number of hydrogen-bond acceptors (Lipinski definition) is 4. The SMILES string of the molecule is O=C1COc2ccccc2C/C=C/C[C@H]2CN(C(=O)c3nccc4ccccc34)CC[C@H]2N1. The molecule has 2 aliphatic heterocycles. The van der Waals surface area contributed by atoms with E-state index in [1.165, 1.54) is 0 Å². The molecule has 0 aliphatic carbocycles. The number of carbonyl (C=O) groups is 2. The molecular weight excluding hydrogens is 414 g/mol. The standard InChI is InChI=1S/C27H27N3O3/c31-25-18-33-24-12-6-4-9-20(24)8-1-2-10-21-17-30(16-14-23(21)29-25)27(32)26-22-11-5-3-7-19(22)13-15-28-26/h1-7,9,11-13,15,21,23H,8,10,14,16-18H2,(H,29,31)/b2-1+/t21-,23+/m0/s1. The van der Waals surface area contributed by atoms with Crippen LogP contribution in [0.1, 0.15) is 28.9 Å². The van der Waals surface area contributed by atoms with Crippen LogP contribution in [-0.2, 0) is 11.2 Å². The van der Waals surface area contributed by atoms with Gasteiger partial charge in [0.25, 0.3) is 11.8 Å². The minimum Gasteiger partial charge on any atom is -0.483 e. The third-order valence-corrected chi connectivity index (χ3v) is 6.52. The van der Waals surface area contributed by atoms with Crippen LogP contribution in [-0.4, -0.2) is 47.4 Å². The van der Waals surface area contributed by atoms with E-state index in [2.05, 4.69) is 22.5 Å². The molecule has 2 aliphatic rings. The molecule has 168 valence electrons. The molecule has 1 N–H and O–H groups in total. The van der Waals surface area contributed by atoms with Crippen molar-refractivity contribution in [1.82, 2.24) is 15.2 Å². The number of amides is 2. The minimum absolute atomic E-state index is 0.00458. The number of allylic oxidation sites excluding steroid dienone is 2. The highest BCUT2D eigenvalue weighted by atomic mass is 16.5. The van der Waals surface area contributed by atoms with Gasteiger partial charge >= 0.3 is 0 Å². The van der Waals surface area contributed by atoms with Gasteiger partial charge in [-0.05, 0) is 42.3 Å². The Morgan fingerprint density at radius 3 is 2.85 bits per heavy atom. The third kappa shape index (κ3) is 4.60. The van der Waals surface area contributed by atoms with E-state index in [4.69, 9.17) is 4.74 Å². The topological polar surface area (TPSA) is 71.5 Å². The fraction of sp³-hybridized carbons (Fsp3) is 0.296. The second-order valence-electron chi connectivity index (χ2n) is 8.66. The van der Waals surface area contributed by atoms with Gasteiger partial charge in [0.05, 0.1) is 0 Å². The second-order valence-corrected chi connectivity index (χ2v) is 8.66. The van der Waals surface area contributed by atoms with Crippen LogP contribution in [0.25, 0.3) is 10.8 Å². The first-order valence-electron chi connectivity index (χ1n) is 11.5. The van der Waals surface area contributed by atoms with E-state index in [9.17, 15) is 9.59 Å². The van der Waals surface area contributed by atoms with Crippen molar-refractivity contribution in [2.45, 2.75) is 25.3 Å². The van der Waals surface area contributed by atoms with Crippen LogP contribution in [0.5, 0.6) is 5.75 Å². The Morgan fingerprint density at radius 2 is 1.91 bits per heavy atom. The summed E-state index contributed by atoms with van der Waals surface area (Å²) >= 11 is 0. The first-order chi connectivity index (χ1) is 16.2. The molecule has 5 rings (SSSR count). The number of carbonyl (C=O) groups excluding carboxylic acids is 2. The lowest BCUT2D eigenvalue weighted by Gasteiger charge is -2.38. The van der Waals surface area contributed by atoms with Crippen molar-refractivity contribution < 1.29 is 14.3 Å². The molecule has 2 atom stereocenters. The van der Waals surface area contributed by atoms with Gasteiger partial charge in [0.15, 0.2) is 6.61 Å². The largest absolute Gasteiger partial charge is 0.483 e. The highest BCUT2D eigenvalue weighted by Crippen LogP contribution is 2.26. The summed E-state index contributed by atoms with van der Waals surface area (Å²) in [5.74, 6) is 0.703. The van der Waals surface area contributed by atoms with Crippen molar-refractivity contribution in [2.75, 3.05) is 19.7 Å². The van der Waals surface area contributed by atoms with Crippen molar-refractivity contribution in [2.24, 2.45) is 5.92 Å². The quantitative estimate of drug-likeness (QED) is 0.584. The molecule has 6 heteroatoms. The van der Waals surface area contributed by atoms with Crippen molar-refractivity contribution >= 4 is 22.6 Å². The maximum atomic E-state index is 13.4. The Kier molecular flexibility index (Phi) is 6.07. The fourth-order valence-corrected chi connectivity index (χ4v) is 4.77. The number of likely N-dealkylation sites (tertiary alicyclic amines) is 1. The molecule has 3 heterocycles. The first-order valence-corrected chi connectivity index (χ1v) is 11.5. The van der Waals surface area contributed by atoms with E-state index in [1.807, 2.05) is 59.5 Å². The smallest absolute Gasteiger partial charge is 0.273 e. The van der Waals surface area contributed by atoms with Gasteiger partial charge in [-0.25, -0.2) is 0 Å². The summed E-state index contributed by atoms with van der Waals surface area (Å²) in [7, 11) is 0. The summed E-state index contributed by atoms with van der Waals surface area (Å²) in [6, 6.07) is 17.6. The zero-order valence-corrected chi connectivity index (χ0v) is 18.4. The molecular formula is C27H27N3O3. The van der Waals surface area contributed by atoms with Gasteiger partial charge in [-0.3, -0.25) is 14.6 Å². The van der Waals surface area contributed by atoms with Crippen molar-refractivity contribution in [1.29, 1.82) is 0 Å². The molecule has 6 nitrogen and oxygen atoms in total. The highest BCUT2D eigenvalue weighted by molar-refractivity contribution is 6.05. The number of fused-ring (bicyclic) bond motifs is 3. The molecule has 2 aromatic carbocycles. The van der Waals surface area contributed by atoms with E-state index >= 15 is 0 Å². The van der Waals surface area contributed by atoms with Crippen LogP contribution >= 0.6 is 0 Å². The Morgan fingerprint density at radius 1 is 1.06 bits per heavy atom. The Balaban J connectivity index is 1.36. The van der Waals surface area contributed by atoms with Crippen LogP contribution < -0.4 is 10.1 Å². The van der Waals surface area contributed by atoms with Gasteiger partial charge in [0.2, 0.25) is 0 Å². The lowest BCUT2D eigenvalue weighted by atomic mass is 9.88.